The number of carboxylic acid groups (broad SMARTS) is 1. The van der Waals surface area contributed by atoms with Gasteiger partial charge in [-0.2, -0.15) is 0 Å². The fraction of sp³-hybridized carbons (Fsp3) is 0.545. The van der Waals surface area contributed by atoms with E-state index in [0.717, 1.165) is 30.4 Å². The number of aliphatic carboxylic acids is 1. The van der Waals surface area contributed by atoms with Gasteiger partial charge in [-0.05, 0) is 49.3 Å². The second-order valence-corrected chi connectivity index (χ2v) is 8.66. The molecule has 0 amide bonds. The monoisotopic (exact) mass is 416 g/mol. The molecule has 0 aromatic heterocycles. The van der Waals surface area contributed by atoms with Crippen LogP contribution in [-0.4, -0.2) is 52.2 Å². The average molecular weight is 416 g/mol. The summed E-state index contributed by atoms with van der Waals surface area (Å²) >= 11 is 0. The average Bonchev–Trinajstić information content (AvgIpc) is 3.04. The molecule has 1 heterocycles. The maximum absolute atomic E-state index is 12.3. The third-order valence-electron chi connectivity index (χ3n) is 7.34. The van der Waals surface area contributed by atoms with Gasteiger partial charge >= 0.3 is 11.9 Å². The van der Waals surface area contributed by atoms with E-state index in [4.69, 9.17) is 19.3 Å². The molecule has 8 heteroatoms. The zero-order chi connectivity index (χ0) is 21.3. The lowest BCUT2D eigenvalue weighted by molar-refractivity contribution is -0.163. The van der Waals surface area contributed by atoms with Crippen molar-refractivity contribution in [3.63, 3.8) is 0 Å². The highest BCUT2D eigenvalue weighted by atomic mass is 16.6. The molecule has 2 bridgehead atoms. The van der Waals surface area contributed by atoms with E-state index in [1.54, 1.807) is 13.2 Å². The molecule has 1 aromatic carbocycles. The van der Waals surface area contributed by atoms with Crippen LogP contribution in [0.25, 0.3) is 0 Å². The Balaban J connectivity index is 1.58. The molecule has 0 unspecified atom stereocenters. The van der Waals surface area contributed by atoms with E-state index in [9.17, 15) is 19.8 Å². The van der Waals surface area contributed by atoms with Gasteiger partial charge in [0.25, 0.3) is 0 Å². The quantitative estimate of drug-likeness (QED) is 0.617. The summed E-state index contributed by atoms with van der Waals surface area (Å²) in [5, 5.41) is 30.2. The normalized spacial score (nSPS) is 33.6. The van der Waals surface area contributed by atoms with Crippen LogP contribution in [0.5, 0.6) is 11.5 Å². The van der Waals surface area contributed by atoms with E-state index in [2.05, 4.69) is 0 Å². The van der Waals surface area contributed by atoms with E-state index in [-0.39, 0.29) is 11.7 Å². The van der Waals surface area contributed by atoms with Gasteiger partial charge < -0.3 is 29.5 Å². The minimum Gasteiger partial charge on any atom is -0.493 e. The smallest absolute Gasteiger partial charge is 0.333 e. The SMILES string of the molecule is COc1ccc2c3c1O[C@H]1C(OC(=O)C[C@@H](O)C(=O)O)=CC[C@@]4(O)[C@H](CCC[C@]314)C2. The largest absolute Gasteiger partial charge is 0.493 e. The van der Waals surface area contributed by atoms with Gasteiger partial charge in [-0.25, -0.2) is 4.79 Å². The number of rotatable bonds is 5. The van der Waals surface area contributed by atoms with Crippen molar-refractivity contribution in [1.82, 2.24) is 0 Å². The number of esters is 1. The summed E-state index contributed by atoms with van der Waals surface area (Å²) in [7, 11) is 1.56. The Hall–Kier alpha value is -2.58. The van der Waals surface area contributed by atoms with Crippen molar-refractivity contribution in [3.8, 4) is 11.5 Å². The van der Waals surface area contributed by atoms with Gasteiger partial charge in [-0.3, -0.25) is 4.79 Å². The molecule has 30 heavy (non-hydrogen) atoms. The van der Waals surface area contributed by atoms with Gasteiger partial charge in [0.15, 0.2) is 23.7 Å². The molecular weight excluding hydrogens is 392 g/mol. The number of methoxy groups -OCH3 is 1. The van der Waals surface area contributed by atoms with Crippen LogP contribution in [0, 0.1) is 5.92 Å². The molecule has 4 aliphatic rings. The number of aliphatic hydroxyl groups is 2. The number of benzene rings is 1. The number of aliphatic hydroxyl groups excluding tert-OH is 1. The Bertz CT molecular complexity index is 968. The van der Waals surface area contributed by atoms with Crippen molar-refractivity contribution in [2.75, 3.05) is 7.11 Å². The summed E-state index contributed by atoms with van der Waals surface area (Å²) in [6.45, 7) is 0. The molecule has 3 aliphatic carbocycles. The molecular formula is C22H24O8. The fourth-order valence-electron chi connectivity index (χ4n) is 6.10. The van der Waals surface area contributed by atoms with E-state index >= 15 is 0 Å². The lowest BCUT2D eigenvalue weighted by atomic mass is 9.47. The van der Waals surface area contributed by atoms with Crippen LogP contribution in [0.15, 0.2) is 24.0 Å². The fourth-order valence-corrected chi connectivity index (χ4v) is 6.10. The molecule has 1 aliphatic heterocycles. The van der Waals surface area contributed by atoms with Crippen molar-refractivity contribution in [3.05, 3.63) is 35.1 Å². The molecule has 5 rings (SSSR count). The summed E-state index contributed by atoms with van der Waals surface area (Å²) < 4.78 is 17.3. The minimum absolute atomic E-state index is 0.0755. The van der Waals surface area contributed by atoms with Crippen molar-refractivity contribution < 1.29 is 39.1 Å². The van der Waals surface area contributed by atoms with Gasteiger partial charge in [0.05, 0.1) is 24.5 Å². The number of carboxylic acids is 1. The summed E-state index contributed by atoms with van der Waals surface area (Å²) in [5.41, 5.74) is 0.300. The van der Waals surface area contributed by atoms with E-state index in [1.165, 1.54) is 0 Å². The first-order chi connectivity index (χ1) is 14.3. The number of ether oxygens (including phenoxy) is 3. The van der Waals surface area contributed by atoms with Crippen LogP contribution in [-0.2, 0) is 26.2 Å². The van der Waals surface area contributed by atoms with Crippen LogP contribution in [0.2, 0.25) is 0 Å². The summed E-state index contributed by atoms with van der Waals surface area (Å²) in [6, 6.07) is 3.89. The molecule has 0 saturated heterocycles. The van der Waals surface area contributed by atoms with E-state index in [0.29, 0.717) is 24.3 Å². The van der Waals surface area contributed by atoms with Crippen LogP contribution < -0.4 is 9.47 Å². The topological polar surface area (TPSA) is 123 Å². The molecule has 5 atom stereocenters. The maximum atomic E-state index is 12.3. The Labute approximate surface area is 173 Å². The first kappa shape index (κ1) is 19.4. The zero-order valence-electron chi connectivity index (χ0n) is 16.6. The second kappa shape index (κ2) is 6.46. The highest BCUT2D eigenvalue weighted by Crippen LogP contribution is 2.67. The van der Waals surface area contributed by atoms with Gasteiger partial charge in [0.2, 0.25) is 0 Å². The molecule has 1 fully saturated rings. The Morgan fingerprint density at radius 1 is 1.37 bits per heavy atom. The van der Waals surface area contributed by atoms with E-state index in [1.807, 2.05) is 12.1 Å². The molecule has 3 N–H and O–H groups in total. The van der Waals surface area contributed by atoms with Crippen LogP contribution in [0.3, 0.4) is 0 Å². The van der Waals surface area contributed by atoms with Gasteiger partial charge in [0, 0.05) is 5.56 Å². The first-order valence-electron chi connectivity index (χ1n) is 10.2. The molecule has 1 aromatic rings. The highest BCUT2D eigenvalue weighted by molar-refractivity contribution is 5.81. The first-order valence-corrected chi connectivity index (χ1v) is 10.2. The number of hydrogen-bond donors (Lipinski definition) is 3. The lowest BCUT2D eigenvalue weighted by Gasteiger charge is -2.59. The molecule has 0 radical (unpaired) electrons. The maximum Gasteiger partial charge on any atom is 0.333 e. The van der Waals surface area contributed by atoms with Gasteiger partial charge in [0.1, 0.15) is 5.76 Å². The molecule has 8 nitrogen and oxygen atoms in total. The summed E-state index contributed by atoms with van der Waals surface area (Å²) in [4.78, 5) is 23.2. The van der Waals surface area contributed by atoms with Crippen molar-refractivity contribution in [2.45, 2.75) is 61.7 Å². The Morgan fingerprint density at radius 2 is 2.17 bits per heavy atom. The lowest BCUT2D eigenvalue weighted by Crippen LogP contribution is -2.67. The summed E-state index contributed by atoms with van der Waals surface area (Å²) in [5.74, 6) is -0.864. The number of carbonyl (C=O) groups excluding carboxylic acids is 1. The van der Waals surface area contributed by atoms with Crippen molar-refractivity contribution in [2.24, 2.45) is 5.92 Å². The van der Waals surface area contributed by atoms with Crippen molar-refractivity contribution in [1.29, 1.82) is 0 Å². The van der Waals surface area contributed by atoms with Crippen LogP contribution in [0.4, 0.5) is 0 Å². The Kier molecular flexibility index (Phi) is 4.17. The Morgan fingerprint density at radius 3 is 2.90 bits per heavy atom. The summed E-state index contributed by atoms with van der Waals surface area (Å²) in [6.07, 6.45) is 2.06. The predicted octanol–water partition coefficient (Wildman–Crippen LogP) is 1.45. The molecule has 1 saturated carbocycles. The highest BCUT2D eigenvalue weighted by Gasteiger charge is 2.70. The number of carbonyl (C=O) groups is 2. The van der Waals surface area contributed by atoms with E-state index < -0.39 is 41.6 Å². The minimum atomic E-state index is -1.83. The van der Waals surface area contributed by atoms with Crippen LogP contribution >= 0.6 is 0 Å². The van der Waals surface area contributed by atoms with Crippen molar-refractivity contribution >= 4 is 11.9 Å². The standard InChI is InChI=1S/C22H24O8/c1-28-14-5-4-11-9-12-3-2-7-21-17(11)18(14)30-19(21)15(6-8-22(12,21)27)29-16(24)10-13(23)20(25)26/h4-6,12-13,19,23,27H,2-3,7-10H2,1H3,(H,25,26)/t12-,13-,19+,21+,22-/m1/s1. The zero-order valence-corrected chi connectivity index (χ0v) is 16.6. The van der Waals surface area contributed by atoms with Gasteiger partial charge in [-0.1, -0.05) is 12.5 Å². The van der Waals surface area contributed by atoms with Gasteiger partial charge in [-0.15, -0.1) is 0 Å². The third kappa shape index (κ3) is 2.34. The molecule has 160 valence electrons. The molecule has 1 spiro atoms. The van der Waals surface area contributed by atoms with Crippen LogP contribution in [0.1, 0.15) is 43.2 Å². The third-order valence-corrected chi connectivity index (χ3v) is 7.34. The number of hydrogen-bond acceptors (Lipinski definition) is 7. The predicted molar refractivity (Wildman–Crippen MR) is 102 cm³/mol. The second-order valence-electron chi connectivity index (χ2n) is 8.66.